The summed E-state index contributed by atoms with van der Waals surface area (Å²) in [6.07, 6.45) is 1.56. The molecule has 0 unspecified atom stereocenters. The van der Waals surface area contributed by atoms with Crippen LogP contribution in [0.4, 0.5) is 11.6 Å². The minimum absolute atomic E-state index is 0.0452. The van der Waals surface area contributed by atoms with Gasteiger partial charge in [0.2, 0.25) is 11.5 Å². The van der Waals surface area contributed by atoms with Crippen LogP contribution in [0.25, 0.3) is 0 Å². The van der Waals surface area contributed by atoms with E-state index in [1.165, 1.54) is 4.68 Å². The summed E-state index contributed by atoms with van der Waals surface area (Å²) in [5, 5.41) is 13.1. The summed E-state index contributed by atoms with van der Waals surface area (Å²) in [5.74, 6) is -0.00517. The molecule has 0 aliphatic rings. The van der Waals surface area contributed by atoms with Gasteiger partial charge in [0, 0.05) is 13.1 Å². The zero-order valence-corrected chi connectivity index (χ0v) is 7.84. The molecule has 0 bridgehead atoms. The van der Waals surface area contributed by atoms with Crippen molar-refractivity contribution in [1.29, 1.82) is 0 Å². The normalized spacial score (nSPS) is 10.2. The first-order chi connectivity index (χ1) is 7.18. The molecule has 0 radical (unpaired) electrons. The van der Waals surface area contributed by atoms with Crippen LogP contribution < -0.4 is 11.1 Å². The fourth-order valence-electron chi connectivity index (χ4n) is 1.03. The molecule has 0 aromatic carbocycles. The van der Waals surface area contributed by atoms with Gasteiger partial charge in [-0.25, -0.2) is 4.63 Å². The smallest absolute Gasteiger partial charge is 0.282 e. The van der Waals surface area contributed by atoms with Gasteiger partial charge in [0.25, 0.3) is 5.91 Å². The molecule has 8 nitrogen and oxygen atoms in total. The quantitative estimate of drug-likeness (QED) is 0.696. The minimum Gasteiger partial charge on any atom is -0.379 e. The van der Waals surface area contributed by atoms with Crippen molar-refractivity contribution in [3.8, 4) is 0 Å². The molecule has 0 spiro atoms. The van der Waals surface area contributed by atoms with E-state index in [2.05, 4.69) is 25.4 Å². The highest BCUT2D eigenvalue weighted by Gasteiger charge is 2.16. The van der Waals surface area contributed by atoms with Crippen molar-refractivity contribution < 1.29 is 9.42 Å². The van der Waals surface area contributed by atoms with Gasteiger partial charge in [0.15, 0.2) is 0 Å². The molecule has 78 valence electrons. The summed E-state index contributed by atoms with van der Waals surface area (Å²) in [6, 6.07) is 1.64. The van der Waals surface area contributed by atoms with E-state index in [0.29, 0.717) is 5.82 Å². The highest BCUT2D eigenvalue weighted by atomic mass is 16.6. The third-order valence-corrected chi connectivity index (χ3v) is 1.79. The van der Waals surface area contributed by atoms with E-state index in [1.807, 2.05) is 0 Å². The third kappa shape index (κ3) is 1.64. The topological polar surface area (TPSA) is 112 Å². The second-order valence-electron chi connectivity index (χ2n) is 2.79. The number of nitrogens with one attached hydrogen (secondary N) is 1. The standard InChI is InChI=1S/C7H8N6O2/c1-13-4(2-3-9-13)10-7(14)5-6(8)12-15-11-5/h2-3H,1H3,(H2,8,12)(H,10,14). The average molecular weight is 208 g/mol. The van der Waals surface area contributed by atoms with E-state index < -0.39 is 5.91 Å². The molecule has 0 saturated carbocycles. The van der Waals surface area contributed by atoms with Crippen molar-refractivity contribution in [2.45, 2.75) is 0 Å². The van der Waals surface area contributed by atoms with Crippen LogP contribution in [0, 0.1) is 0 Å². The van der Waals surface area contributed by atoms with Crippen LogP contribution in [0.15, 0.2) is 16.9 Å². The van der Waals surface area contributed by atoms with Crippen LogP contribution >= 0.6 is 0 Å². The van der Waals surface area contributed by atoms with Crippen LogP contribution in [0.1, 0.15) is 10.5 Å². The fourth-order valence-corrected chi connectivity index (χ4v) is 1.03. The fraction of sp³-hybridized carbons (Fsp3) is 0.143. The van der Waals surface area contributed by atoms with Crippen molar-refractivity contribution in [2.75, 3.05) is 11.1 Å². The first kappa shape index (κ1) is 9.19. The zero-order chi connectivity index (χ0) is 10.8. The van der Waals surface area contributed by atoms with E-state index in [0.717, 1.165) is 0 Å². The van der Waals surface area contributed by atoms with Gasteiger partial charge < -0.3 is 11.1 Å². The maximum absolute atomic E-state index is 11.6. The molecule has 15 heavy (non-hydrogen) atoms. The van der Waals surface area contributed by atoms with E-state index >= 15 is 0 Å². The van der Waals surface area contributed by atoms with Gasteiger partial charge in [-0.15, -0.1) is 0 Å². The summed E-state index contributed by atoms with van der Waals surface area (Å²) >= 11 is 0. The molecule has 0 atom stereocenters. The lowest BCUT2D eigenvalue weighted by atomic mass is 10.4. The largest absolute Gasteiger partial charge is 0.379 e. The summed E-state index contributed by atoms with van der Waals surface area (Å²) < 4.78 is 5.81. The molecular formula is C7H8N6O2. The predicted molar refractivity (Wildman–Crippen MR) is 49.9 cm³/mol. The Morgan fingerprint density at radius 3 is 2.93 bits per heavy atom. The molecule has 1 amide bonds. The van der Waals surface area contributed by atoms with E-state index in [-0.39, 0.29) is 11.5 Å². The molecule has 8 heteroatoms. The molecule has 2 aromatic rings. The highest BCUT2D eigenvalue weighted by Crippen LogP contribution is 2.09. The first-order valence-electron chi connectivity index (χ1n) is 4.06. The summed E-state index contributed by atoms with van der Waals surface area (Å²) in [6.45, 7) is 0. The molecule has 0 saturated heterocycles. The Labute approximate surface area is 84.0 Å². The third-order valence-electron chi connectivity index (χ3n) is 1.79. The average Bonchev–Trinajstić information content (AvgIpc) is 2.76. The van der Waals surface area contributed by atoms with E-state index in [9.17, 15) is 4.79 Å². The van der Waals surface area contributed by atoms with E-state index in [1.54, 1.807) is 19.3 Å². The van der Waals surface area contributed by atoms with E-state index in [4.69, 9.17) is 5.73 Å². The Kier molecular flexibility index (Phi) is 2.08. The number of rotatable bonds is 2. The second kappa shape index (κ2) is 3.40. The number of amides is 1. The lowest BCUT2D eigenvalue weighted by molar-refractivity contribution is 0.101. The number of nitrogen functional groups attached to an aromatic ring is 1. The van der Waals surface area contributed by atoms with Gasteiger partial charge in [-0.3, -0.25) is 9.48 Å². The van der Waals surface area contributed by atoms with Crippen molar-refractivity contribution >= 4 is 17.5 Å². The number of aromatic nitrogens is 4. The van der Waals surface area contributed by atoms with Gasteiger partial charge in [0.1, 0.15) is 5.82 Å². The Morgan fingerprint density at radius 2 is 2.40 bits per heavy atom. The Morgan fingerprint density at radius 1 is 1.60 bits per heavy atom. The lowest BCUT2D eigenvalue weighted by Gasteiger charge is -2.01. The monoisotopic (exact) mass is 208 g/mol. The number of nitrogens with two attached hydrogens (primary N) is 1. The molecule has 3 N–H and O–H groups in total. The van der Waals surface area contributed by atoms with Crippen LogP contribution in [0.5, 0.6) is 0 Å². The molecule has 0 fully saturated rings. The Hall–Kier alpha value is -2.38. The number of hydrogen-bond acceptors (Lipinski definition) is 6. The first-order valence-corrected chi connectivity index (χ1v) is 4.06. The maximum atomic E-state index is 11.6. The van der Waals surface area contributed by atoms with Gasteiger partial charge in [-0.1, -0.05) is 0 Å². The predicted octanol–water partition coefficient (Wildman–Crippen LogP) is -0.362. The Bertz CT molecular complexity index is 487. The molecule has 2 aromatic heterocycles. The number of carbonyl (C=O) groups is 1. The molecular weight excluding hydrogens is 200 g/mol. The Balaban J connectivity index is 2.18. The lowest BCUT2D eigenvalue weighted by Crippen LogP contribution is -2.16. The maximum Gasteiger partial charge on any atom is 0.282 e. The summed E-state index contributed by atoms with van der Waals surface area (Å²) in [7, 11) is 1.69. The van der Waals surface area contributed by atoms with Gasteiger partial charge >= 0.3 is 0 Å². The van der Waals surface area contributed by atoms with Crippen LogP contribution in [0.2, 0.25) is 0 Å². The minimum atomic E-state index is -0.489. The highest BCUT2D eigenvalue weighted by molar-refractivity contribution is 6.05. The number of hydrogen-bond donors (Lipinski definition) is 2. The second-order valence-corrected chi connectivity index (χ2v) is 2.79. The number of nitrogens with zero attached hydrogens (tertiary/aromatic N) is 4. The number of carbonyl (C=O) groups excluding carboxylic acids is 1. The van der Waals surface area contributed by atoms with Gasteiger partial charge in [0.05, 0.1) is 6.20 Å². The summed E-state index contributed by atoms with van der Waals surface area (Å²) in [5.41, 5.74) is 5.31. The van der Waals surface area contributed by atoms with Gasteiger partial charge in [-0.2, -0.15) is 5.10 Å². The van der Waals surface area contributed by atoms with Crippen molar-refractivity contribution in [2.24, 2.45) is 7.05 Å². The van der Waals surface area contributed by atoms with Crippen LogP contribution in [0.3, 0.4) is 0 Å². The number of aryl methyl sites for hydroxylation is 1. The van der Waals surface area contributed by atoms with Crippen molar-refractivity contribution in [1.82, 2.24) is 20.1 Å². The van der Waals surface area contributed by atoms with Crippen LogP contribution in [-0.4, -0.2) is 26.0 Å². The molecule has 0 aliphatic heterocycles. The zero-order valence-electron chi connectivity index (χ0n) is 7.84. The SMILES string of the molecule is Cn1nccc1NC(=O)c1nonc1N. The summed E-state index contributed by atoms with van der Waals surface area (Å²) in [4.78, 5) is 11.6. The van der Waals surface area contributed by atoms with Crippen molar-refractivity contribution in [3.63, 3.8) is 0 Å². The molecule has 2 rings (SSSR count). The van der Waals surface area contributed by atoms with Crippen LogP contribution in [-0.2, 0) is 7.05 Å². The number of anilines is 2. The molecule has 0 aliphatic carbocycles. The molecule has 2 heterocycles. The van der Waals surface area contributed by atoms with Gasteiger partial charge in [-0.05, 0) is 10.3 Å². The van der Waals surface area contributed by atoms with Crippen molar-refractivity contribution in [3.05, 3.63) is 18.0 Å².